The van der Waals surface area contributed by atoms with Gasteiger partial charge in [0.25, 0.3) is 5.91 Å². The van der Waals surface area contributed by atoms with Gasteiger partial charge in [0.2, 0.25) is 0 Å². The molecular formula is C15H19F3N2O2. The lowest BCUT2D eigenvalue weighted by Crippen LogP contribution is -2.50. The smallest absolute Gasteiger partial charge is 0.401 e. The fraction of sp³-hybridized carbons (Fsp3) is 0.533. The van der Waals surface area contributed by atoms with Crippen molar-refractivity contribution >= 4 is 5.91 Å². The van der Waals surface area contributed by atoms with Crippen LogP contribution in [0.1, 0.15) is 17.3 Å². The molecule has 0 unspecified atom stereocenters. The first kappa shape index (κ1) is 16.6. The van der Waals surface area contributed by atoms with E-state index in [0.29, 0.717) is 17.9 Å². The SMILES string of the molecule is CCOc1ccccc1C(=O)N1CCN(CC(F)(F)F)CC1. The van der Waals surface area contributed by atoms with E-state index in [0.717, 1.165) is 0 Å². The number of ether oxygens (including phenoxy) is 1. The van der Waals surface area contributed by atoms with Crippen LogP contribution in [0.3, 0.4) is 0 Å². The molecule has 1 amide bonds. The molecule has 0 N–H and O–H groups in total. The molecule has 4 nitrogen and oxygen atoms in total. The van der Waals surface area contributed by atoms with Gasteiger partial charge in [-0.15, -0.1) is 0 Å². The van der Waals surface area contributed by atoms with Crippen LogP contribution in [-0.2, 0) is 0 Å². The van der Waals surface area contributed by atoms with Crippen LogP contribution in [0.5, 0.6) is 5.75 Å². The molecule has 0 aliphatic carbocycles. The zero-order valence-corrected chi connectivity index (χ0v) is 12.4. The predicted molar refractivity (Wildman–Crippen MR) is 76.0 cm³/mol. The van der Waals surface area contributed by atoms with Crippen molar-refractivity contribution in [3.05, 3.63) is 29.8 Å². The van der Waals surface area contributed by atoms with Gasteiger partial charge in [0, 0.05) is 26.2 Å². The quantitative estimate of drug-likeness (QED) is 0.855. The Hall–Kier alpha value is -1.76. The highest BCUT2D eigenvalue weighted by Crippen LogP contribution is 2.22. The summed E-state index contributed by atoms with van der Waals surface area (Å²) in [6.07, 6.45) is -4.20. The van der Waals surface area contributed by atoms with Crippen molar-refractivity contribution in [3.63, 3.8) is 0 Å². The number of rotatable bonds is 4. The maximum atomic E-state index is 12.5. The van der Waals surface area contributed by atoms with Gasteiger partial charge in [-0.2, -0.15) is 13.2 Å². The number of carbonyl (C=O) groups is 1. The van der Waals surface area contributed by atoms with E-state index in [1.807, 2.05) is 6.92 Å². The molecule has 22 heavy (non-hydrogen) atoms. The summed E-state index contributed by atoms with van der Waals surface area (Å²) < 4.78 is 42.5. The molecule has 1 aliphatic rings. The Morgan fingerprint density at radius 1 is 1.18 bits per heavy atom. The third-order valence-electron chi connectivity index (χ3n) is 3.48. The van der Waals surface area contributed by atoms with E-state index in [1.54, 1.807) is 29.2 Å². The summed E-state index contributed by atoms with van der Waals surface area (Å²) in [5.74, 6) is 0.309. The highest BCUT2D eigenvalue weighted by molar-refractivity contribution is 5.97. The second-order valence-electron chi connectivity index (χ2n) is 5.11. The van der Waals surface area contributed by atoms with Gasteiger partial charge in [-0.25, -0.2) is 0 Å². The lowest BCUT2D eigenvalue weighted by Gasteiger charge is -2.35. The van der Waals surface area contributed by atoms with Crippen molar-refractivity contribution in [3.8, 4) is 5.75 Å². The van der Waals surface area contributed by atoms with Crippen molar-refractivity contribution < 1.29 is 22.7 Å². The first-order chi connectivity index (χ1) is 10.4. The molecule has 1 aromatic rings. The highest BCUT2D eigenvalue weighted by Gasteiger charge is 2.33. The lowest BCUT2D eigenvalue weighted by molar-refractivity contribution is -0.148. The number of hydrogen-bond donors (Lipinski definition) is 0. The molecule has 1 saturated heterocycles. The molecule has 0 radical (unpaired) electrons. The van der Waals surface area contributed by atoms with Gasteiger partial charge < -0.3 is 9.64 Å². The number of halogens is 3. The van der Waals surface area contributed by atoms with E-state index in [9.17, 15) is 18.0 Å². The number of nitrogens with zero attached hydrogens (tertiary/aromatic N) is 2. The van der Waals surface area contributed by atoms with Crippen LogP contribution in [0, 0.1) is 0 Å². The zero-order chi connectivity index (χ0) is 16.2. The number of benzene rings is 1. The summed E-state index contributed by atoms with van der Waals surface area (Å²) in [6, 6.07) is 6.92. The van der Waals surface area contributed by atoms with Gasteiger partial charge in [0.1, 0.15) is 5.75 Å². The molecule has 1 aromatic carbocycles. The van der Waals surface area contributed by atoms with Gasteiger partial charge in [0.15, 0.2) is 0 Å². The molecule has 2 rings (SSSR count). The fourth-order valence-electron chi connectivity index (χ4n) is 2.46. The van der Waals surface area contributed by atoms with E-state index in [4.69, 9.17) is 4.74 Å². The van der Waals surface area contributed by atoms with Crippen molar-refractivity contribution in [2.75, 3.05) is 39.3 Å². The monoisotopic (exact) mass is 316 g/mol. The normalized spacial score (nSPS) is 16.6. The minimum atomic E-state index is -4.20. The van der Waals surface area contributed by atoms with Crippen LogP contribution in [0.15, 0.2) is 24.3 Å². The maximum Gasteiger partial charge on any atom is 0.401 e. The average Bonchev–Trinajstić information content (AvgIpc) is 2.47. The van der Waals surface area contributed by atoms with Crippen LogP contribution in [0.2, 0.25) is 0 Å². The summed E-state index contributed by atoms with van der Waals surface area (Å²) in [6.45, 7) is 2.38. The molecule has 0 saturated carbocycles. The van der Waals surface area contributed by atoms with Gasteiger partial charge in [-0.3, -0.25) is 9.69 Å². The first-order valence-corrected chi connectivity index (χ1v) is 7.21. The average molecular weight is 316 g/mol. The van der Waals surface area contributed by atoms with Crippen molar-refractivity contribution in [2.45, 2.75) is 13.1 Å². The minimum absolute atomic E-state index is 0.198. The second kappa shape index (κ2) is 7.00. The molecule has 7 heteroatoms. The second-order valence-corrected chi connectivity index (χ2v) is 5.11. The van der Waals surface area contributed by atoms with Crippen LogP contribution < -0.4 is 4.74 Å². The van der Waals surface area contributed by atoms with Crippen LogP contribution in [-0.4, -0.2) is 61.2 Å². The standard InChI is InChI=1S/C15H19F3N2O2/c1-2-22-13-6-4-3-5-12(13)14(21)20-9-7-19(8-10-20)11-15(16,17)18/h3-6H,2,7-11H2,1H3. The summed E-state index contributed by atoms with van der Waals surface area (Å²) in [5.41, 5.74) is 0.452. The minimum Gasteiger partial charge on any atom is -0.493 e. The molecular weight excluding hydrogens is 297 g/mol. The van der Waals surface area contributed by atoms with Crippen molar-refractivity contribution in [1.82, 2.24) is 9.80 Å². The summed E-state index contributed by atoms with van der Waals surface area (Å²) in [7, 11) is 0. The topological polar surface area (TPSA) is 32.8 Å². The number of amides is 1. The van der Waals surface area contributed by atoms with Crippen LogP contribution in [0.4, 0.5) is 13.2 Å². The van der Waals surface area contributed by atoms with Gasteiger partial charge in [0.05, 0.1) is 18.7 Å². The molecule has 122 valence electrons. The molecule has 1 aliphatic heterocycles. The van der Waals surface area contributed by atoms with Crippen molar-refractivity contribution in [2.24, 2.45) is 0 Å². The Labute approximate surface area is 127 Å². The number of hydrogen-bond acceptors (Lipinski definition) is 3. The van der Waals surface area contributed by atoms with Crippen molar-refractivity contribution in [1.29, 1.82) is 0 Å². The Kier molecular flexibility index (Phi) is 5.28. The summed E-state index contributed by atoms with van der Waals surface area (Å²) in [4.78, 5) is 15.4. The Morgan fingerprint density at radius 2 is 1.82 bits per heavy atom. The number of carbonyl (C=O) groups excluding carboxylic acids is 1. The zero-order valence-electron chi connectivity index (χ0n) is 12.4. The van der Waals surface area contributed by atoms with Crippen LogP contribution in [0.25, 0.3) is 0 Å². The Bertz CT molecular complexity index is 512. The maximum absolute atomic E-state index is 12.5. The third-order valence-corrected chi connectivity index (χ3v) is 3.48. The largest absolute Gasteiger partial charge is 0.493 e. The highest BCUT2D eigenvalue weighted by atomic mass is 19.4. The first-order valence-electron chi connectivity index (χ1n) is 7.21. The van der Waals surface area contributed by atoms with E-state index in [2.05, 4.69) is 0 Å². The summed E-state index contributed by atoms with van der Waals surface area (Å²) >= 11 is 0. The third kappa shape index (κ3) is 4.37. The van der Waals surface area contributed by atoms with Gasteiger partial charge >= 0.3 is 6.18 Å². The van der Waals surface area contributed by atoms with E-state index in [-0.39, 0.29) is 32.1 Å². The summed E-state index contributed by atoms with van der Waals surface area (Å²) in [5, 5.41) is 0. The molecule has 0 spiro atoms. The predicted octanol–water partition coefficient (Wildman–Crippen LogP) is 2.41. The molecule has 1 fully saturated rings. The van der Waals surface area contributed by atoms with E-state index >= 15 is 0 Å². The molecule has 0 aromatic heterocycles. The fourth-order valence-corrected chi connectivity index (χ4v) is 2.46. The number of piperazine rings is 1. The molecule has 0 atom stereocenters. The molecule has 0 bridgehead atoms. The Morgan fingerprint density at radius 3 is 2.41 bits per heavy atom. The number of para-hydroxylation sites is 1. The van der Waals surface area contributed by atoms with E-state index in [1.165, 1.54) is 4.90 Å². The Balaban J connectivity index is 1.98. The van der Waals surface area contributed by atoms with E-state index < -0.39 is 12.7 Å². The molecule has 1 heterocycles. The van der Waals surface area contributed by atoms with Gasteiger partial charge in [-0.05, 0) is 19.1 Å². The van der Waals surface area contributed by atoms with Crippen LogP contribution >= 0.6 is 0 Å². The van der Waals surface area contributed by atoms with Gasteiger partial charge in [-0.1, -0.05) is 12.1 Å². The lowest BCUT2D eigenvalue weighted by atomic mass is 10.1. The number of alkyl halides is 3.